The molecule has 1 aliphatic heterocycles. The summed E-state index contributed by atoms with van der Waals surface area (Å²) in [7, 11) is -3.09. The molecule has 0 spiro atoms. The third kappa shape index (κ3) is 5.63. The van der Waals surface area contributed by atoms with Crippen molar-refractivity contribution in [1.29, 1.82) is 0 Å². The average Bonchev–Trinajstić information content (AvgIpc) is 2.83. The van der Waals surface area contributed by atoms with Crippen LogP contribution < -0.4 is 16.0 Å². The lowest BCUT2D eigenvalue weighted by Crippen LogP contribution is -2.52. The lowest BCUT2D eigenvalue weighted by molar-refractivity contribution is -0.118. The fourth-order valence-corrected chi connectivity index (χ4v) is 4.29. The zero-order valence-corrected chi connectivity index (χ0v) is 15.0. The topological polar surface area (TPSA) is 125 Å². The Labute approximate surface area is 146 Å². The Kier molecular flexibility index (Phi) is 5.89. The number of anilines is 1. The molecule has 1 aliphatic rings. The van der Waals surface area contributed by atoms with Crippen molar-refractivity contribution < 1.29 is 23.1 Å². The summed E-state index contributed by atoms with van der Waals surface area (Å²) < 4.78 is 22.9. The van der Waals surface area contributed by atoms with Gasteiger partial charge in [0.1, 0.15) is 11.8 Å². The molecule has 1 aromatic carbocycles. The number of rotatable bonds is 5. The molecule has 8 nitrogen and oxygen atoms in total. The molecule has 138 valence electrons. The SMILES string of the molecule is CC(C)C(NC(=O)NC1CCS(=O)(=O)C1)C(=O)Nc1cccc(O)c1. The number of hydrogen-bond acceptors (Lipinski definition) is 5. The molecule has 1 fully saturated rings. The van der Waals surface area contributed by atoms with E-state index in [1.807, 2.05) is 0 Å². The number of phenols is 1. The molecular formula is C16H23N3O5S. The van der Waals surface area contributed by atoms with Crippen LogP contribution in [0, 0.1) is 5.92 Å². The maximum Gasteiger partial charge on any atom is 0.315 e. The zero-order chi connectivity index (χ0) is 18.6. The van der Waals surface area contributed by atoms with E-state index in [1.165, 1.54) is 12.1 Å². The second-order valence-corrected chi connectivity index (χ2v) is 8.71. The first-order valence-corrected chi connectivity index (χ1v) is 9.86. The third-order valence-corrected chi connectivity index (χ3v) is 5.69. The van der Waals surface area contributed by atoms with Gasteiger partial charge < -0.3 is 21.1 Å². The maximum atomic E-state index is 12.4. The summed E-state index contributed by atoms with van der Waals surface area (Å²) in [5.41, 5.74) is 0.416. The highest BCUT2D eigenvalue weighted by molar-refractivity contribution is 7.91. The van der Waals surface area contributed by atoms with Crippen molar-refractivity contribution >= 4 is 27.5 Å². The monoisotopic (exact) mass is 369 g/mol. The molecule has 0 aromatic heterocycles. The fraction of sp³-hybridized carbons (Fsp3) is 0.500. The molecule has 25 heavy (non-hydrogen) atoms. The van der Waals surface area contributed by atoms with E-state index in [2.05, 4.69) is 16.0 Å². The van der Waals surface area contributed by atoms with Gasteiger partial charge in [0.25, 0.3) is 0 Å². The minimum atomic E-state index is -3.09. The highest BCUT2D eigenvalue weighted by Crippen LogP contribution is 2.16. The molecule has 4 N–H and O–H groups in total. The van der Waals surface area contributed by atoms with Gasteiger partial charge in [-0.1, -0.05) is 19.9 Å². The van der Waals surface area contributed by atoms with Gasteiger partial charge in [0.2, 0.25) is 5.91 Å². The number of urea groups is 1. The number of hydrogen-bond donors (Lipinski definition) is 4. The highest BCUT2D eigenvalue weighted by atomic mass is 32.2. The number of benzene rings is 1. The molecular weight excluding hydrogens is 346 g/mol. The summed E-state index contributed by atoms with van der Waals surface area (Å²) in [5, 5.41) is 17.3. The predicted octanol–water partition coefficient (Wildman–Crippen LogP) is 0.842. The Morgan fingerprint density at radius 1 is 1.28 bits per heavy atom. The van der Waals surface area contributed by atoms with Crippen LogP contribution in [0.25, 0.3) is 0 Å². The van der Waals surface area contributed by atoms with E-state index in [-0.39, 0.29) is 23.2 Å². The molecule has 2 unspecified atom stereocenters. The lowest BCUT2D eigenvalue weighted by Gasteiger charge is -2.23. The number of sulfone groups is 1. The molecule has 2 atom stereocenters. The van der Waals surface area contributed by atoms with Crippen molar-refractivity contribution in [3.8, 4) is 5.75 Å². The Hall–Kier alpha value is -2.29. The van der Waals surface area contributed by atoms with Crippen molar-refractivity contribution in [1.82, 2.24) is 10.6 Å². The van der Waals surface area contributed by atoms with Crippen LogP contribution in [0.5, 0.6) is 5.75 Å². The first-order valence-electron chi connectivity index (χ1n) is 8.03. The summed E-state index contributed by atoms with van der Waals surface area (Å²) in [6.07, 6.45) is 0.373. The van der Waals surface area contributed by atoms with Crippen molar-refractivity contribution in [3.05, 3.63) is 24.3 Å². The summed E-state index contributed by atoms with van der Waals surface area (Å²) in [4.78, 5) is 24.5. The Morgan fingerprint density at radius 3 is 2.56 bits per heavy atom. The normalized spacial score (nSPS) is 20.0. The number of aromatic hydroxyl groups is 1. The predicted molar refractivity (Wildman–Crippen MR) is 94.1 cm³/mol. The summed E-state index contributed by atoms with van der Waals surface area (Å²) in [6.45, 7) is 3.57. The van der Waals surface area contributed by atoms with Crippen molar-refractivity contribution in [2.45, 2.75) is 32.4 Å². The van der Waals surface area contributed by atoms with Crippen LogP contribution in [0.2, 0.25) is 0 Å². The van der Waals surface area contributed by atoms with Gasteiger partial charge in [-0.25, -0.2) is 13.2 Å². The molecule has 0 aliphatic carbocycles. The zero-order valence-electron chi connectivity index (χ0n) is 14.2. The summed E-state index contributed by atoms with van der Waals surface area (Å²) in [5.74, 6) is -0.608. The molecule has 0 bridgehead atoms. The highest BCUT2D eigenvalue weighted by Gasteiger charge is 2.30. The number of phenolic OH excluding ortho intramolecular Hbond substituents is 1. The van der Waals surface area contributed by atoms with Gasteiger partial charge in [0.15, 0.2) is 9.84 Å². The Morgan fingerprint density at radius 2 is 2.00 bits per heavy atom. The molecule has 0 saturated carbocycles. The number of carbonyl (C=O) groups is 2. The van der Waals surface area contributed by atoms with Crippen LogP contribution in [0.3, 0.4) is 0 Å². The van der Waals surface area contributed by atoms with Gasteiger partial charge in [0, 0.05) is 17.8 Å². The quantitative estimate of drug-likeness (QED) is 0.612. The molecule has 0 radical (unpaired) electrons. The lowest BCUT2D eigenvalue weighted by atomic mass is 10.0. The molecule has 1 aromatic rings. The summed E-state index contributed by atoms with van der Waals surface area (Å²) in [6, 6.07) is 4.28. The number of carbonyl (C=O) groups excluding carboxylic acids is 2. The number of amides is 3. The van der Waals surface area contributed by atoms with Crippen LogP contribution >= 0.6 is 0 Å². The third-order valence-electron chi connectivity index (χ3n) is 3.92. The second-order valence-electron chi connectivity index (χ2n) is 6.48. The van der Waals surface area contributed by atoms with E-state index in [1.54, 1.807) is 26.0 Å². The fourth-order valence-electron chi connectivity index (χ4n) is 2.62. The minimum Gasteiger partial charge on any atom is -0.508 e. The molecule has 1 heterocycles. The van der Waals surface area contributed by atoms with Crippen LogP contribution in [0.1, 0.15) is 20.3 Å². The average molecular weight is 369 g/mol. The standard InChI is InChI=1S/C16H23N3O5S/c1-10(2)14(15(21)17-11-4-3-5-13(20)8-11)19-16(22)18-12-6-7-25(23,24)9-12/h3-5,8,10,12,14,20H,6-7,9H2,1-2H3,(H,17,21)(H2,18,19,22). The van der Waals surface area contributed by atoms with Gasteiger partial charge in [-0.15, -0.1) is 0 Å². The van der Waals surface area contributed by atoms with E-state index in [0.29, 0.717) is 12.1 Å². The van der Waals surface area contributed by atoms with E-state index in [4.69, 9.17) is 0 Å². The molecule has 9 heteroatoms. The second kappa shape index (κ2) is 7.73. The minimum absolute atomic E-state index is 0.0204. The van der Waals surface area contributed by atoms with E-state index >= 15 is 0 Å². The van der Waals surface area contributed by atoms with E-state index in [9.17, 15) is 23.1 Å². The first kappa shape index (κ1) is 19.0. The van der Waals surface area contributed by atoms with Crippen molar-refractivity contribution in [2.75, 3.05) is 16.8 Å². The van der Waals surface area contributed by atoms with E-state index < -0.39 is 33.9 Å². The van der Waals surface area contributed by atoms with Crippen molar-refractivity contribution in [3.63, 3.8) is 0 Å². The first-order chi connectivity index (χ1) is 11.7. The van der Waals surface area contributed by atoms with Crippen molar-refractivity contribution in [2.24, 2.45) is 5.92 Å². The van der Waals surface area contributed by atoms with Crippen LogP contribution in [-0.4, -0.2) is 49.1 Å². The van der Waals surface area contributed by atoms with Crippen LogP contribution in [0.4, 0.5) is 10.5 Å². The Bertz CT molecular complexity index is 748. The smallest absolute Gasteiger partial charge is 0.315 e. The summed E-state index contributed by atoms with van der Waals surface area (Å²) >= 11 is 0. The Balaban J connectivity index is 1.95. The molecule has 3 amide bonds. The van der Waals surface area contributed by atoms with Crippen LogP contribution in [-0.2, 0) is 14.6 Å². The van der Waals surface area contributed by atoms with Gasteiger partial charge in [-0.05, 0) is 24.5 Å². The van der Waals surface area contributed by atoms with Gasteiger partial charge in [0.05, 0.1) is 11.5 Å². The van der Waals surface area contributed by atoms with Gasteiger partial charge >= 0.3 is 6.03 Å². The number of nitrogens with one attached hydrogen (secondary N) is 3. The van der Waals surface area contributed by atoms with E-state index in [0.717, 1.165) is 0 Å². The van der Waals surface area contributed by atoms with Gasteiger partial charge in [-0.3, -0.25) is 4.79 Å². The molecule has 1 saturated heterocycles. The molecule has 2 rings (SSSR count). The largest absolute Gasteiger partial charge is 0.508 e. The van der Waals surface area contributed by atoms with Gasteiger partial charge in [-0.2, -0.15) is 0 Å². The van der Waals surface area contributed by atoms with Crippen LogP contribution in [0.15, 0.2) is 24.3 Å². The maximum absolute atomic E-state index is 12.4.